The van der Waals surface area contributed by atoms with Crippen LogP contribution in [0.4, 0.5) is 17.1 Å². The highest BCUT2D eigenvalue weighted by atomic mass is 16.3. The Morgan fingerprint density at radius 2 is 1.54 bits per heavy atom. The molecule has 0 radical (unpaired) electrons. The maximum Gasteiger partial charge on any atom is 0.257 e. The largest absolute Gasteiger partial charge is 0.505 e. The zero-order chi connectivity index (χ0) is 26.5. The van der Waals surface area contributed by atoms with Crippen molar-refractivity contribution < 1.29 is 20.1 Å². The van der Waals surface area contributed by atoms with Gasteiger partial charge in [-0.15, -0.1) is 0 Å². The van der Waals surface area contributed by atoms with Gasteiger partial charge < -0.3 is 25.5 Å². The summed E-state index contributed by atoms with van der Waals surface area (Å²) in [6.07, 6.45) is 0.575. The van der Waals surface area contributed by atoms with Gasteiger partial charge in [0.25, 0.3) is 5.91 Å². The van der Waals surface area contributed by atoms with Gasteiger partial charge in [0.15, 0.2) is 11.4 Å². The van der Waals surface area contributed by atoms with E-state index in [0.717, 1.165) is 11.1 Å². The zero-order valence-corrected chi connectivity index (χ0v) is 21.0. The number of rotatable bonds is 8. The Labute approximate surface area is 215 Å². The van der Waals surface area contributed by atoms with E-state index in [-0.39, 0.29) is 52.6 Å². The molecule has 190 valence electrons. The highest BCUT2D eigenvalue weighted by molar-refractivity contribution is 6.04. The van der Waals surface area contributed by atoms with Gasteiger partial charge in [-0.2, -0.15) is 0 Å². The first kappa shape index (κ1) is 25.4. The van der Waals surface area contributed by atoms with Gasteiger partial charge in [-0.1, -0.05) is 73.7 Å². The van der Waals surface area contributed by atoms with Crippen LogP contribution in [-0.4, -0.2) is 50.5 Å². The van der Waals surface area contributed by atoms with Crippen molar-refractivity contribution >= 4 is 28.7 Å². The van der Waals surface area contributed by atoms with E-state index < -0.39 is 0 Å². The number of phenols is 1. The number of phenolic OH excluding ortho intramolecular Hbond substituents is 1. The molecule has 0 aliphatic carbocycles. The van der Waals surface area contributed by atoms with E-state index >= 15 is 0 Å². The average Bonchev–Trinajstić information content (AvgIpc) is 3.12. The molecule has 0 atom stereocenters. The van der Waals surface area contributed by atoms with Crippen LogP contribution in [0.15, 0.2) is 83.9 Å². The van der Waals surface area contributed by atoms with Crippen LogP contribution in [0.5, 0.6) is 17.5 Å². The fraction of sp³-hybridized carbons (Fsp3) is 0.172. The predicted octanol–water partition coefficient (Wildman–Crippen LogP) is 5.63. The Hall–Kier alpha value is -4.72. The highest BCUT2D eigenvalue weighted by Crippen LogP contribution is 2.48. The van der Waals surface area contributed by atoms with Gasteiger partial charge in [-0.25, -0.2) is 4.99 Å². The van der Waals surface area contributed by atoms with Crippen LogP contribution in [0, 0.1) is 0 Å². The molecule has 0 fully saturated rings. The molecule has 1 aromatic heterocycles. The number of amides is 1. The minimum atomic E-state index is -0.370. The van der Waals surface area contributed by atoms with Crippen molar-refractivity contribution in [1.29, 1.82) is 0 Å². The van der Waals surface area contributed by atoms with Gasteiger partial charge in [0.1, 0.15) is 5.69 Å². The molecule has 1 heterocycles. The topological polar surface area (TPSA) is 110 Å². The SMILES string of the molecule is CCC(=Nc1c(Nc2cccc(C(=O)N(C)C)c2O)c(O)n(Cc2ccccc2)c1O)c1ccccc1. The van der Waals surface area contributed by atoms with Gasteiger partial charge in [0.05, 0.1) is 17.8 Å². The zero-order valence-electron chi connectivity index (χ0n) is 21.0. The Balaban J connectivity index is 1.86. The van der Waals surface area contributed by atoms with Crippen LogP contribution in [0.1, 0.15) is 34.8 Å². The number of carbonyl (C=O) groups excluding carboxylic acids is 1. The number of aromatic nitrogens is 1. The summed E-state index contributed by atoms with van der Waals surface area (Å²) >= 11 is 0. The number of aliphatic imine (C=N–C) groups is 1. The lowest BCUT2D eigenvalue weighted by Gasteiger charge is -2.15. The van der Waals surface area contributed by atoms with Crippen molar-refractivity contribution in [3.05, 3.63) is 95.6 Å². The number of para-hydroxylation sites is 1. The molecule has 0 unspecified atom stereocenters. The number of benzene rings is 3. The minimum absolute atomic E-state index is 0.103. The molecule has 37 heavy (non-hydrogen) atoms. The summed E-state index contributed by atoms with van der Waals surface area (Å²) in [6.45, 7) is 2.15. The van der Waals surface area contributed by atoms with E-state index in [9.17, 15) is 20.1 Å². The lowest BCUT2D eigenvalue weighted by Crippen LogP contribution is -2.21. The third kappa shape index (κ3) is 5.28. The van der Waals surface area contributed by atoms with E-state index in [1.54, 1.807) is 26.2 Å². The monoisotopic (exact) mass is 498 g/mol. The van der Waals surface area contributed by atoms with Crippen molar-refractivity contribution in [3.63, 3.8) is 0 Å². The van der Waals surface area contributed by atoms with Crippen LogP contribution in [0.3, 0.4) is 0 Å². The van der Waals surface area contributed by atoms with E-state index in [0.29, 0.717) is 12.1 Å². The summed E-state index contributed by atoms with van der Waals surface area (Å²) in [6, 6.07) is 23.7. The standard InChI is InChI=1S/C29H30N4O4/c1-4-22(20-14-9-6-10-15-20)30-24-25(29(37)33(28(24)36)18-19-12-7-5-8-13-19)31-23-17-11-16-21(26(23)34)27(35)32(2)3/h5-17,31,34,36-37H,4,18H2,1-3H3. The molecule has 4 aromatic rings. The molecule has 0 bridgehead atoms. The molecule has 1 amide bonds. The van der Waals surface area contributed by atoms with Crippen LogP contribution < -0.4 is 5.32 Å². The maximum atomic E-state index is 12.5. The van der Waals surface area contributed by atoms with Crippen molar-refractivity contribution in [3.8, 4) is 17.5 Å². The summed E-state index contributed by atoms with van der Waals surface area (Å²) in [7, 11) is 3.19. The number of nitrogens with zero attached hydrogens (tertiary/aromatic N) is 3. The van der Waals surface area contributed by atoms with E-state index in [4.69, 9.17) is 4.99 Å². The van der Waals surface area contributed by atoms with Crippen molar-refractivity contribution in [1.82, 2.24) is 9.47 Å². The van der Waals surface area contributed by atoms with Crippen LogP contribution in [-0.2, 0) is 6.54 Å². The van der Waals surface area contributed by atoms with Gasteiger partial charge in [0.2, 0.25) is 11.8 Å². The second kappa shape index (κ2) is 10.9. The molecule has 0 saturated carbocycles. The van der Waals surface area contributed by atoms with E-state index in [1.165, 1.54) is 15.5 Å². The lowest BCUT2D eigenvalue weighted by atomic mass is 10.1. The van der Waals surface area contributed by atoms with Crippen LogP contribution >= 0.6 is 0 Å². The normalized spacial score (nSPS) is 11.4. The Kier molecular flexibility index (Phi) is 7.48. The molecule has 0 spiro atoms. The lowest BCUT2D eigenvalue weighted by molar-refractivity contribution is 0.0824. The summed E-state index contributed by atoms with van der Waals surface area (Å²) in [4.78, 5) is 18.6. The predicted molar refractivity (Wildman–Crippen MR) is 146 cm³/mol. The number of anilines is 2. The van der Waals surface area contributed by atoms with Crippen LogP contribution in [0.25, 0.3) is 0 Å². The highest BCUT2D eigenvalue weighted by Gasteiger charge is 2.25. The smallest absolute Gasteiger partial charge is 0.257 e. The summed E-state index contributed by atoms with van der Waals surface area (Å²) in [5.74, 6) is -1.13. The van der Waals surface area contributed by atoms with Gasteiger partial charge in [-0.3, -0.25) is 9.36 Å². The van der Waals surface area contributed by atoms with Gasteiger partial charge >= 0.3 is 0 Å². The number of carbonyl (C=O) groups is 1. The number of nitrogens with one attached hydrogen (secondary N) is 1. The van der Waals surface area contributed by atoms with Crippen LogP contribution in [0.2, 0.25) is 0 Å². The fourth-order valence-corrected chi connectivity index (χ4v) is 4.02. The fourth-order valence-electron chi connectivity index (χ4n) is 4.02. The Morgan fingerprint density at radius 3 is 2.16 bits per heavy atom. The molecular formula is C29H30N4O4. The second-order valence-corrected chi connectivity index (χ2v) is 8.75. The van der Waals surface area contributed by atoms with Crippen molar-refractivity contribution in [2.45, 2.75) is 19.9 Å². The maximum absolute atomic E-state index is 12.5. The average molecular weight is 499 g/mol. The quantitative estimate of drug-likeness (QED) is 0.186. The first-order chi connectivity index (χ1) is 17.8. The van der Waals surface area contributed by atoms with Gasteiger partial charge in [-0.05, 0) is 29.7 Å². The molecule has 0 aliphatic rings. The van der Waals surface area contributed by atoms with E-state index in [2.05, 4.69) is 5.32 Å². The van der Waals surface area contributed by atoms with Crippen molar-refractivity contribution in [2.75, 3.05) is 19.4 Å². The molecule has 4 rings (SSSR count). The molecule has 8 nitrogen and oxygen atoms in total. The number of hydrogen-bond donors (Lipinski definition) is 4. The molecule has 8 heteroatoms. The Morgan fingerprint density at radius 1 is 0.892 bits per heavy atom. The molecule has 0 saturated heterocycles. The first-order valence-electron chi connectivity index (χ1n) is 11.9. The van der Waals surface area contributed by atoms with Gasteiger partial charge in [0, 0.05) is 19.8 Å². The minimum Gasteiger partial charge on any atom is -0.505 e. The summed E-state index contributed by atoms with van der Waals surface area (Å²) < 4.78 is 1.35. The number of hydrogen-bond acceptors (Lipinski definition) is 6. The number of aromatic hydroxyl groups is 3. The summed E-state index contributed by atoms with van der Waals surface area (Å²) in [5.41, 5.74) is 2.98. The summed E-state index contributed by atoms with van der Waals surface area (Å²) in [5, 5.41) is 36.4. The molecule has 3 aromatic carbocycles. The molecule has 4 N–H and O–H groups in total. The molecule has 0 aliphatic heterocycles. The first-order valence-corrected chi connectivity index (χ1v) is 11.9. The van der Waals surface area contributed by atoms with Crippen molar-refractivity contribution in [2.24, 2.45) is 4.99 Å². The third-order valence-corrected chi connectivity index (χ3v) is 5.99. The second-order valence-electron chi connectivity index (χ2n) is 8.75. The van der Waals surface area contributed by atoms with E-state index in [1.807, 2.05) is 67.6 Å². The Bertz CT molecular complexity index is 1430. The molecular weight excluding hydrogens is 468 g/mol. The third-order valence-electron chi connectivity index (χ3n) is 5.99.